The van der Waals surface area contributed by atoms with Crippen LogP contribution in [0.5, 0.6) is 0 Å². The molecule has 1 nitrogen and oxygen atoms in total. The second-order valence-corrected chi connectivity index (χ2v) is 3.56. The van der Waals surface area contributed by atoms with Crippen molar-refractivity contribution in [2.75, 3.05) is 7.11 Å². The summed E-state index contributed by atoms with van der Waals surface area (Å²) >= 11 is 3.41. The minimum absolute atomic E-state index is 0.694. The summed E-state index contributed by atoms with van der Waals surface area (Å²) in [4.78, 5) is 0. The summed E-state index contributed by atoms with van der Waals surface area (Å²) in [6.07, 6.45) is 0. The highest BCUT2D eigenvalue weighted by atomic mass is 79.9. The SMILES string of the molecule is C=C(OC)c1cc(C)cc(Br)c1. The van der Waals surface area contributed by atoms with Crippen molar-refractivity contribution in [1.82, 2.24) is 0 Å². The zero-order valence-electron chi connectivity index (χ0n) is 7.23. The molecule has 0 aliphatic rings. The molecule has 0 aliphatic heterocycles. The van der Waals surface area contributed by atoms with Gasteiger partial charge in [0.2, 0.25) is 0 Å². The quantitative estimate of drug-likeness (QED) is 0.703. The Morgan fingerprint density at radius 3 is 2.58 bits per heavy atom. The molecule has 0 aromatic heterocycles. The first kappa shape index (κ1) is 9.33. The average molecular weight is 227 g/mol. The van der Waals surface area contributed by atoms with Crippen LogP contribution in [0.25, 0.3) is 5.76 Å². The highest BCUT2D eigenvalue weighted by molar-refractivity contribution is 9.10. The Hall–Kier alpha value is -0.760. The van der Waals surface area contributed by atoms with Crippen molar-refractivity contribution in [3.05, 3.63) is 40.4 Å². The molecule has 0 radical (unpaired) electrons. The van der Waals surface area contributed by atoms with E-state index in [0.717, 1.165) is 10.0 Å². The molecular weight excluding hydrogens is 216 g/mol. The van der Waals surface area contributed by atoms with E-state index < -0.39 is 0 Å². The summed E-state index contributed by atoms with van der Waals surface area (Å²) in [7, 11) is 1.62. The molecule has 2 heteroatoms. The standard InChI is InChI=1S/C10H11BrO/c1-7-4-9(8(2)12-3)6-10(11)5-7/h4-6H,2H2,1,3H3. The number of halogens is 1. The summed E-state index contributed by atoms with van der Waals surface area (Å²) in [5.41, 5.74) is 2.21. The monoisotopic (exact) mass is 226 g/mol. The fourth-order valence-corrected chi connectivity index (χ4v) is 1.62. The molecule has 0 bridgehead atoms. The van der Waals surface area contributed by atoms with Crippen LogP contribution in [-0.4, -0.2) is 7.11 Å². The minimum Gasteiger partial charge on any atom is -0.497 e. The van der Waals surface area contributed by atoms with Crippen molar-refractivity contribution in [3.8, 4) is 0 Å². The van der Waals surface area contributed by atoms with Crippen LogP contribution in [0, 0.1) is 6.92 Å². The van der Waals surface area contributed by atoms with E-state index in [-0.39, 0.29) is 0 Å². The normalized spacial score (nSPS) is 9.58. The lowest BCUT2D eigenvalue weighted by Gasteiger charge is -2.05. The highest BCUT2D eigenvalue weighted by Crippen LogP contribution is 2.20. The molecule has 64 valence electrons. The van der Waals surface area contributed by atoms with Crippen LogP contribution in [0.3, 0.4) is 0 Å². The van der Waals surface area contributed by atoms with E-state index in [4.69, 9.17) is 4.74 Å². The largest absolute Gasteiger partial charge is 0.497 e. The van der Waals surface area contributed by atoms with Gasteiger partial charge in [-0.15, -0.1) is 0 Å². The number of aryl methyl sites for hydroxylation is 1. The van der Waals surface area contributed by atoms with Gasteiger partial charge in [0, 0.05) is 10.0 Å². The third-order valence-electron chi connectivity index (χ3n) is 1.61. The Kier molecular flexibility index (Phi) is 2.93. The molecule has 0 saturated carbocycles. The molecule has 1 aromatic rings. The molecule has 0 saturated heterocycles. The first-order chi connectivity index (χ1) is 5.63. The van der Waals surface area contributed by atoms with Crippen LogP contribution < -0.4 is 0 Å². The van der Waals surface area contributed by atoms with Crippen LogP contribution in [0.4, 0.5) is 0 Å². The summed E-state index contributed by atoms with van der Waals surface area (Å²) in [5, 5.41) is 0. The van der Waals surface area contributed by atoms with Crippen molar-refractivity contribution in [1.29, 1.82) is 0 Å². The van der Waals surface area contributed by atoms with Crippen LogP contribution in [0.2, 0.25) is 0 Å². The zero-order chi connectivity index (χ0) is 9.14. The Bertz CT molecular complexity index is 284. The fourth-order valence-electron chi connectivity index (χ4n) is 1.02. The number of rotatable bonds is 2. The Morgan fingerprint density at radius 1 is 1.42 bits per heavy atom. The van der Waals surface area contributed by atoms with Gasteiger partial charge in [-0.1, -0.05) is 22.5 Å². The van der Waals surface area contributed by atoms with Crippen LogP contribution in [-0.2, 0) is 4.74 Å². The van der Waals surface area contributed by atoms with E-state index in [0.29, 0.717) is 5.76 Å². The van der Waals surface area contributed by atoms with Gasteiger partial charge in [0.1, 0.15) is 5.76 Å². The van der Waals surface area contributed by atoms with Crippen LogP contribution >= 0.6 is 15.9 Å². The summed E-state index contributed by atoms with van der Waals surface area (Å²) in [6.45, 7) is 5.82. The van der Waals surface area contributed by atoms with Crippen LogP contribution in [0.1, 0.15) is 11.1 Å². The average Bonchev–Trinajstić information content (AvgIpc) is 2.01. The van der Waals surface area contributed by atoms with Crippen molar-refractivity contribution >= 4 is 21.7 Å². The Morgan fingerprint density at radius 2 is 2.08 bits per heavy atom. The smallest absolute Gasteiger partial charge is 0.118 e. The Balaban J connectivity index is 3.08. The van der Waals surface area contributed by atoms with Crippen molar-refractivity contribution in [2.45, 2.75) is 6.92 Å². The van der Waals surface area contributed by atoms with E-state index in [1.807, 2.05) is 25.1 Å². The zero-order valence-corrected chi connectivity index (χ0v) is 8.81. The molecule has 0 fully saturated rings. The lowest BCUT2D eigenvalue weighted by molar-refractivity contribution is 0.371. The summed E-state index contributed by atoms with van der Waals surface area (Å²) in [5.74, 6) is 0.694. The summed E-state index contributed by atoms with van der Waals surface area (Å²) in [6, 6.07) is 6.07. The topological polar surface area (TPSA) is 9.23 Å². The van der Waals surface area contributed by atoms with E-state index >= 15 is 0 Å². The molecule has 0 unspecified atom stereocenters. The third kappa shape index (κ3) is 2.11. The van der Waals surface area contributed by atoms with E-state index in [2.05, 4.69) is 22.5 Å². The predicted molar refractivity (Wildman–Crippen MR) is 54.9 cm³/mol. The van der Waals surface area contributed by atoms with Crippen molar-refractivity contribution in [2.24, 2.45) is 0 Å². The molecule has 1 aromatic carbocycles. The van der Waals surface area contributed by atoms with Crippen LogP contribution in [0.15, 0.2) is 29.3 Å². The van der Waals surface area contributed by atoms with Gasteiger partial charge in [0.15, 0.2) is 0 Å². The van der Waals surface area contributed by atoms with E-state index in [9.17, 15) is 0 Å². The molecule has 1 rings (SSSR count). The Labute approximate surface area is 81.2 Å². The first-order valence-corrected chi connectivity index (χ1v) is 4.43. The molecule has 0 heterocycles. The van der Waals surface area contributed by atoms with Gasteiger partial charge in [-0.2, -0.15) is 0 Å². The second kappa shape index (κ2) is 3.76. The van der Waals surface area contributed by atoms with Gasteiger partial charge in [-0.3, -0.25) is 0 Å². The van der Waals surface area contributed by atoms with Gasteiger partial charge >= 0.3 is 0 Å². The number of ether oxygens (including phenoxy) is 1. The number of benzene rings is 1. The number of methoxy groups -OCH3 is 1. The van der Waals surface area contributed by atoms with Gasteiger partial charge in [0.25, 0.3) is 0 Å². The number of hydrogen-bond acceptors (Lipinski definition) is 1. The highest BCUT2D eigenvalue weighted by Gasteiger charge is 1.99. The maximum absolute atomic E-state index is 5.03. The molecule has 0 amide bonds. The van der Waals surface area contributed by atoms with Gasteiger partial charge in [0.05, 0.1) is 7.11 Å². The maximum atomic E-state index is 5.03. The molecular formula is C10H11BrO. The van der Waals surface area contributed by atoms with E-state index in [1.165, 1.54) is 5.56 Å². The molecule has 0 spiro atoms. The van der Waals surface area contributed by atoms with Gasteiger partial charge in [-0.25, -0.2) is 0 Å². The third-order valence-corrected chi connectivity index (χ3v) is 2.07. The van der Waals surface area contributed by atoms with Crippen molar-refractivity contribution in [3.63, 3.8) is 0 Å². The molecule has 12 heavy (non-hydrogen) atoms. The fraction of sp³-hybridized carbons (Fsp3) is 0.200. The molecule has 0 atom stereocenters. The number of hydrogen-bond donors (Lipinski definition) is 0. The second-order valence-electron chi connectivity index (χ2n) is 2.64. The molecule has 0 N–H and O–H groups in total. The first-order valence-electron chi connectivity index (χ1n) is 3.64. The van der Waals surface area contributed by atoms with Gasteiger partial charge in [-0.05, 0) is 30.7 Å². The minimum atomic E-state index is 0.694. The molecule has 0 aliphatic carbocycles. The van der Waals surface area contributed by atoms with Gasteiger partial charge < -0.3 is 4.74 Å². The predicted octanol–water partition coefficient (Wildman–Crippen LogP) is 3.37. The lowest BCUT2D eigenvalue weighted by Crippen LogP contribution is -1.86. The van der Waals surface area contributed by atoms with Crippen molar-refractivity contribution < 1.29 is 4.74 Å². The lowest BCUT2D eigenvalue weighted by atomic mass is 10.1. The summed E-state index contributed by atoms with van der Waals surface area (Å²) < 4.78 is 6.08. The maximum Gasteiger partial charge on any atom is 0.118 e. The van der Waals surface area contributed by atoms with E-state index in [1.54, 1.807) is 7.11 Å².